The molecule has 0 radical (unpaired) electrons. The van der Waals surface area contributed by atoms with E-state index in [4.69, 9.17) is 14.0 Å². The molecule has 0 saturated carbocycles. The Morgan fingerprint density at radius 3 is 2.46 bits per heavy atom. The predicted octanol–water partition coefficient (Wildman–Crippen LogP) is 3.10. The molecule has 0 atom stereocenters. The lowest BCUT2D eigenvalue weighted by atomic mass is 10.2. The van der Waals surface area contributed by atoms with Crippen molar-refractivity contribution in [2.45, 2.75) is 20.1 Å². The van der Waals surface area contributed by atoms with Crippen molar-refractivity contribution in [1.82, 2.24) is 10.1 Å². The molecule has 1 aromatic heterocycles. The van der Waals surface area contributed by atoms with Crippen LogP contribution in [0.5, 0.6) is 5.75 Å². The normalized spacial score (nSPS) is 10.4. The number of nitrogens with zero attached hydrogens (tertiary/aromatic N) is 2. The molecule has 0 fully saturated rings. The first-order valence-corrected chi connectivity index (χ1v) is 8.24. The molecule has 0 spiro atoms. The molecule has 1 amide bonds. The number of nitrogens with one attached hydrogen (secondary N) is 1. The molecule has 1 N–H and O–H groups in total. The lowest BCUT2D eigenvalue weighted by Crippen LogP contribution is -2.08. The maximum atomic E-state index is 12.8. The first-order chi connectivity index (χ1) is 13.5. The number of carbonyl (C=O) groups is 2. The van der Waals surface area contributed by atoms with Crippen LogP contribution in [0.4, 0.5) is 10.1 Å². The summed E-state index contributed by atoms with van der Waals surface area (Å²) in [5.41, 5.74) is 0.889. The van der Waals surface area contributed by atoms with Crippen molar-refractivity contribution in [2.24, 2.45) is 0 Å². The summed E-state index contributed by atoms with van der Waals surface area (Å²) in [6.07, 6.45) is 0. The van der Waals surface area contributed by atoms with Crippen molar-refractivity contribution in [3.63, 3.8) is 0 Å². The average Bonchev–Trinajstić information content (AvgIpc) is 3.14. The molecule has 144 valence electrons. The smallest absolute Gasteiger partial charge is 0.338 e. The van der Waals surface area contributed by atoms with Crippen LogP contribution in [0.1, 0.15) is 29.0 Å². The van der Waals surface area contributed by atoms with Crippen molar-refractivity contribution < 1.29 is 28.0 Å². The Hall–Kier alpha value is -3.75. The molecule has 2 aromatic carbocycles. The number of hydrogen-bond donors (Lipinski definition) is 1. The molecule has 0 aliphatic carbocycles. The zero-order chi connectivity index (χ0) is 19.9. The number of anilines is 1. The molecule has 1 heterocycles. The molecule has 0 bridgehead atoms. The largest absolute Gasteiger partial charge is 0.485 e. The molecule has 28 heavy (non-hydrogen) atoms. The highest BCUT2D eigenvalue weighted by atomic mass is 19.1. The van der Waals surface area contributed by atoms with Crippen LogP contribution >= 0.6 is 0 Å². The lowest BCUT2D eigenvalue weighted by molar-refractivity contribution is -0.114. The van der Waals surface area contributed by atoms with E-state index in [1.165, 1.54) is 43.3 Å². The summed E-state index contributed by atoms with van der Waals surface area (Å²) in [5.74, 6) is -0.304. The second-order valence-electron chi connectivity index (χ2n) is 5.68. The predicted molar refractivity (Wildman–Crippen MR) is 94.9 cm³/mol. The topological polar surface area (TPSA) is 104 Å². The third-order valence-corrected chi connectivity index (χ3v) is 3.46. The zero-order valence-electron chi connectivity index (χ0n) is 14.8. The van der Waals surface area contributed by atoms with Crippen LogP contribution in [-0.4, -0.2) is 22.0 Å². The third kappa shape index (κ3) is 5.37. The summed E-state index contributed by atoms with van der Waals surface area (Å²) in [6.45, 7) is 1.22. The van der Waals surface area contributed by atoms with E-state index in [9.17, 15) is 14.0 Å². The van der Waals surface area contributed by atoms with Crippen LogP contribution < -0.4 is 10.1 Å². The quantitative estimate of drug-likeness (QED) is 0.623. The number of amides is 1. The number of carbonyl (C=O) groups excluding carboxylic acids is 2. The Balaban J connectivity index is 1.48. The van der Waals surface area contributed by atoms with E-state index < -0.39 is 5.97 Å². The van der Waals surface area contributed by atoms with Crippen LogP contribution in [0.25, 0.3) is 0 Å². The number of aromatic nitrogens is 2. The van der Waals surface area contributed by atoms with Gasteiger partial charge in [-0.1, -0.05) is 5.16 Å². The number of benzene rings is 2. The first kappa shape index (κ1) is 19.0. The Bertz CT molecular complexity index is 954. The highest BCUT2D eigenvalue weighted by molar-refractivity contribution is 5.92. The van der Waals surface area contributed by atoms with Gasteiger partial charge < -0.3 is 19.3 Å². The zero-order valence-corrected chi connectivity index (χ0v) is 14.8. The van der Waals surface area contributed by atoms with Gasteiger partial charge in [-0.2, -0.15) is 4.98 Å². The van der Waals surface area contributed by atoms with E-state index in [-0.39, 0.29) is 36.7 Å². The van der Waals surface area contributed by atoms with Gasteiger partial charge in [0.25, 0.3) is 5.89 Å². The minimum absolute atomic E-state index is 0.0215. The van der Waals surface area contributed by atoms with Gasteiger partial charge in [-0.05, 0) is 48.5 Å². The van der Waals surface area contributed by atoms with E-state index in [1.807, 2.05) is 0 Å². The molecule has 8 nitrogen and oxygen atoms in total. The van der Waals surface area contributed by atoms with E-state index in [2.05, 4.69) is 15.5 Å². The summed E-state index contributed by atoms with van der Waals surface area (Å²) in [5, 5.41) is 6.33. The van der Waals surface area contributed by atoms with Gasteiger partial charge in [0.05, 0.1) is 5.56 Å². The summed E-state index contributed by atoms with van der Waals surface area (Å²) >= 11 is 0. The van der Waals surface area contributed by atoms with Crippen LogP contribution in [0, 0.1) is 5.82 Å². The van der Waals surface area contributed by atoms with Crippen LogP contribution in [0.3, 0.4) is 0 Å². The Labute approximate surface area is 159 Å². The van der Waals surface area contributed by atoms with Gasteiger partial charge >= 0.3 is 5.97 Å². The van der Waals surface area contributed by atoms with Gasteiger partial charge in [-0.25, -0.2) is 9.18 Å². The lowest BCUT2D eigenvalue weighted by Gasteiger charge is -2.04. The number of esters is 1. The highest BCUT2D eigenvalue weighted by Gasteiger charge is 2.12. The summed E-state index contributed by atoms with van der Waals surface area (Å²) in [4.78, 5) is 27.1. The Morgan fingerprint density at radius 2 is 1.79 bits per heavy atom. The van der Waals surface area contributed by atoms with Gasteiger partial charge in [-0.3, -0.25) is 4.79 Å². The van der Waals surface area contributed by atoms with Gasteiger partial charge in [0.1, 0.15) is 11.6 Å². The van der Waals surface area contributed by atoms with Gasteiger partial charge in [0, 0.05) is 12.6 Å². The fourth-order valence-corrected chi connectivity index (χ4v) is 2.19. The van der Waals surface area contributed by atoms with Gasteiger partial charge in [-0.15, -0.1) is 0 Å². The maximum Gasteiger partial charge on any atom is 0.338 e. The first-order valence-electron chi connectivity index (χ1n) is 8.24. The van der Waals surface area contributed by atoms with Crippen molar-refractivity contribution in [3.05, 3.63) is 71.6 Å². The molecular formula is C19H16FN3O5. The number of halogens is 1. The SMILES string of the molecule is CC(=O)Nc1ccc(C(=O)OCc2nc(COc3ccc(F)cc3)no2)cc1. The van der Waals surface area contributed by atoms with E-state index in [1.54, 1.807) is 12.1 Å². The van der Waals surface area contributed by atoms with Gasteiger partial charge in [0.2, 0.25) is 11.7 Å². The second kappa shape index (κ2) is 8.76. The molecule has 0 aliphatic rings. The summed E-state index contributed by atoms with van der Waals surface area (Å²) in [7, 11) is 0. The molecular weight excluding hydrogens is 369 g/mol. The van der Waals surface area contributed by atoms with Crippen LogP contribution in [0.2, 0.25) is 0 Å². The Morgan fingerprint density at radius 1 is 1.07 bits per heavy atom. The fraction of sp³-hybridized carbons (Fsp3) is 0.158. The molecule has 3 rings (SSSR count). The maximum absolute atomic E-state index is 12.8. The van der Waals surface area contributed by atoms with Crippen molar-refractivity contribution in [2.75, 3.05) is 5.32 Å². The van der Waals surface area contributed by atoms with Crippen LogP contribution in [0.15, 0.2) is 53.1 Å². The number of hydrogen-bond acceptors (Lipinski definition) is 7. The van der Waals surface area contributed by atoms with Gasteiger partial charge in [0.15, 0.2) is 13.2 Å². The monoisotopic (exact) mass is 385 g/mol. The summed E-state index contributed by atoms with van der Waals surface area (Å²) < 4.78 is 28.4. The van der Waals surface area contributed by atoms with Crippen molar-refractivity contribution >= 4 is 17.6 Å². The Kier molecular flexibility index (Phi) is 5.95. The summed E-state index contributed by atoms with van der Waals surface area (Å²) in [6, 6.07) is 11.8. The number of ether oxygens (including phenoxy) is 2. The minimum Gasteiger partial charge on any atom is -0.485 e. The molecule has 0 saturated heterocycles. The minimum atomic E-state index is -0.573. The molecule has 0 aliphatic heterocycles. The van der Waals surface area contributed by atoms with Crippen LogP contribution in [-0.2, 0) is 22.7 Å². The third-order valence-electron chi connectivity index (χ3n) is 3.46. The molecule has 3 aromatic rings. The van der Waals surface area contributed by atoms with E-state index in [0.717, 1.165) is 0 Å². The van der Waals surface area contributed by atoms with E-state index in [0.29, 0.717) is 17.0 Å². The van der Waals surface area contributed by atoms with Crippen molar-refractivity contribution in [3.8, 4) is 5.75 Å². The number of rotatable bonds is 7. The van der Waals surface area contributed by atoms with E-state index >= 15 is 0 Å². The standard InChI is InChI=1S/C19H16FN3O5/c1-12(24)21-15-6-2-13(3-7-15)19(25)27-11-18-22-17(23-28-18)10-26-16-8-4-14(20)5-9-16/h2-9H,10-11H2,1H3,(H,21,24). The molecule has 9 heteroatoms. The second-order valence-corrected chi connectivity index (χ2v) is 5.68. The average molecular weight is 385 g/mol. The fourth-order valence-electron chi connectivity index (χ4n) is 2.19. The van der Waals surface area contributed by atoms with Crippen molar-refractivity contribution in [1.29, 1.82) is 0 Å². The molecule has 0 unspecified atom stereocenters. The highest BCUT2D eigenvalue weighted by Crippen LogP contribution is 2.14.